The molecule has 0 spiro atoms. The van der Waals surface area contributed by atoms with Crippen molar-refractivity contribution in [2.75, 3.05) is 5.32 Å². The van der Waals surface area contributed by atoms with E-state index in [9.17, 15) is 9.59 Å². The Kier molecular flexibility index (Phi) is 3.94. The molecule has 0 saturated carbocycles. The third kappa shape index (κ3) is 3.00. The fourth-order valence-electron chi connectivity index (χ4n) is 2.19. The van der Waals surface area contributed by atoms with E-state index in [1.165, 1.54) is 6.07 Å². The number of rotatable bonds is 4. The van der Waals surface area contributed by atoms with Crippen molar-refractivity contribution >= 4 is 40.2 Å². The van der Waals surface area contributed by atoms with Crippen LogP contribution in [0.3, 0.4) is 0 Å². The molecular formula is C15H10ClN3O4. The number of amides is 1. The number of carboxylic acid groups (broad SMARTS) is 1. The second kappa shape index (κ2) is 6.05. The number of aromatic carboxylic acids is 1. The largest absolute Gasteiger partial charge is 0.478 e. The molecule has 1 heterocycles. The van der Waals surface area contributed by atoms with Crippen LogP contribution < -0.4 is 5.32 Å². The molecule has 0 aliphatic heterocycles. The van der Waals surface area contributed by atoms with E-state index >= 15 is 0 Å². The van der Waals surface area contributed by atoms with Crippen molar-refractivity contribution in [1.82, 2.24) is 10.3 Å². The number of nitrogens with zero attached hydrogens (tertiary/aromatic N) is 2. The molecule has 3 aromatic rings. The lowest BCUT2D eigenvalue weighted by Crippen LogP contribution is -2.16. The van der Waals surface area contributed by atoms with Crippen LogP contribution in [0.2, 0.25) is 5.02 Å². The minimum absolute atomic E-state index is 0.0854. The van der Waals surface area contributed by atoms with Gasteiger partial charge in [0.25, 0.3) is 0 Å². The maximum atomic E-state index is 12.2. The summed E-state index contributed by atoms with van der Waals surface area (Å²) in [5.74, 6) is -1.46. The minimum Gasteiger partial charge on any atom is -0.478 e. The first-order valence-corrected chi connectivity index (χ1v) is 6.96. The van der Waals surface area contributed by atoms with Gasteiger partial charge in [-0.1, -0.05) is 29.8 Å². The highest BCUT2D eigenvalue weighted by atomic mass is 35.5. The molecule has 3 rings (SSSR count). The van der Waals surface area contributed by atoms with Gasteiger partial charge in [0.1, 0.15) is 0 Å². The van der Waals surface area contributed by atoms with E-state index in [-0.39, 0.29) is 17.9 Å². The Bertz CT molecular complexity index is 907. The number of hydrogen-bond acceptors (Lipinski definition) is 5. The van der Waals surface area contributed by atoms with Gasteiger partial charge in [-0.05, 0) is 34.1 Å². The van der Waals surface area contributed by atoms with Gasteiger partial charge in [-0.3, -0.25) is 4.79 Å². The molecule has 2 N–H and O–H groups in total. The Morgan fingerprint density at radius 3 is 2.65 bits per heavy atom. The standard InChI is InChI=1S/C15H10ClN3O4/c16-10-5-6-11(14-13(10)18-23-19-14)17-12(20)7-8-3-1-2-4-9(8)15(21)22/h1-6H,7H2,(H,17,20)(H,21,22). The second-order valence-corrected chi connectivity index (χ2v) is 5.15. The maximum Gasteiger partial charge on any atom is 0.335 e. The molecule has 0 saturated heterocycles. The van der Waals surface area contributed by atoms with Crippen molar-refractivity contribution in [3.05, 3.63) is 52.5 Å². The topological polar surface area (TPSA) is 105 Å². The summed E-state index contributed by atoms with van der Waals surface area (Å²) in [5, 5.41) is 19.5. The summed E-state index contributed by atoms with van der Waals surface area (Å²) in [6.45, 7) is 0. The van der Waals surface area contributed by atoms with Crippen LogP contribution in [0.1, 0.15) is 15.9 Å². The molecule has 1 amide bonds. The van der Waals surface area contributed by atoms with E-state index in [0.717, 1.165) is 0 Å². The zero-order valence-electron chi connectivity index (χ0n) is 11.6. The maximum absolute atomic E-state index is 12.2. The van der Waals surface area contributed by atoms with Crippen molar-refractivity contribution in [2.45, 2.75) is 6.42 Å². The predicted molar refractivity (Wildman–Crippen MR) is 82.5 cm³/mol. The third-order valence-corrected chi connectivity index (χ3v) is 3.54. The van der Waals surface area contributed by atoms with Crippen LogP contribution in [0.25, 0.3) is 11.0 Å². The number of hydrogen-bond donors (Lipinski definition) is 2. The van der Waals surface area contributed by atoms with E-state index < -0.39 is 5.97 Å². The van der Waals surface area contributed by atoms with E-state index in [0.29, 0.717) is 27.3 Å². The number of carbonyl (C=O) groups is 2. The van der Waals surface area contributed by atoms with E-state index in [1.54, 1.807) is 30.3 Å². The molecule has 0 radical (unpaired) electrons. The van der Waals surface area contributed by atoms with Crippen LogP contribution in [0.15, 0.2) is 41.0 Å². The third-order valence-electron chi connectivity index (χ3n) is 3.24. The van der Waals surface area contributed by atoms with Gasteiger partial charge < -0.3 is 10.4 Å². The molecule has 1 aromatic heterocycles. The first-order valence-electron chi connectivity index (χ1n) is 6.58. The van der Waals surface area contributed by atoms with Gasteiger partial charge in [0.05, 0.1) is 22.7 Å². The van der Waals surface area contributed by atoms with E-state index in [2.05, 4.69) is 20.3 Å². The summed E-state index contributed by atoms with van der Waals surface area (Å²) in [5.41, 5.74) is 1.57. The second-order valence-electron chi connectivity index (χ2n) is 4.74. The Morgan fingerprint density at radius 1 is 1.13 bits per heavy atom. The molecule has 0 aliphatic carbocycles. The number of carbonyl (C=O) groups excluding carboxylic acids is 1. The van der Waals surface area contributed by atoms with Gasteiger partial charge in [0, 0.05) is 0 Å². The molecule has 8 heteroatoms. The smallest absolute Gasteiger partial charge is 0.335 e. The van der Waals surface area contributed by atoms with E-state index in [1.807, 2.05) is 0 Å². The predicted octanol–water partition coefficient (Wildman–Crippen LogP) is 2.76. The fraction of sp³-hybridized carbons (Fsp3) is 0.0667. The van der Waals surface area contributed by atoms with Crippen LogP contribution in [0.4, 0.5) is 5.69 Å². The Hall–Kier alpha value is -2.93. The number of nitrogens with one attached hydrogen (secondary N) is 1. The SMILES string of the molecule is O=C(Cc1ccccc1C(=O)O)Nc1ccc(Cl)c2nonc12. The molecule has 0 fully saturated rings. The van der Waals surface area contributed by atoms with Crippen LogP contribution in [-0.2, 0) is 11.2 Å². The first kappa shape index (κ1) is 15.0. The fourth-order valence-corrected chi connectivity index (χ4v) is 2.37. The lowest BCUT2D eigenvalue weighted by atomic mass is 10.0. The number of fused-ring (bicyclic) bond motifs is 1. The van der Waals surface area contributed by atoms with Gasteiger partial charge in [0.15, 0.2) is 11.0 Å². The molecule has 0 atom stereocenters. The summed E-state index contributed by atoms with van der Waals surface area (Å²) < 4.78 is 4.62. The summed E-state index contributed by atoms with van der Waals surface area (Å²) in [6, 6.07) is 9.47. The summed E-state index contributed by atoms with van der Waals surface area (Å²) in [6.07, 6.45) is -0.0854. The number of halogens is 1. The molecule has 0 bridgehead atoms. The highest BCUT2D eigenvalue weighted by molar-refractivity contribution is 6.35. The zero-order chi connectivity index (χ0) is 16.4. The highest BCUT2D eigenvalue weighted by Crippen LogP contribution is 2.27. The lowest BCUT2D eigenvalue weighted by Gasteiger charge is -2.07. The zero-order valence-corrected chi connectivity index (χ0v) is 12.4. The Balaban J connectivity index is 1.84. The normalized spacial score (nSPS) is 10.7. The van der Waals surface area contributed by atoms with Crippen LogP contribution in [-0.4, -0.2) is 27.3 Å². The van der Waals surface area contributed by atoms with E-state index in [4.69, 9.17) is 16.7 Å². The molecule has 116 valence electrons. The van der Waals surface area contributed by atoms with Crippen molar-refractivity contribution in [2.24, 2.45) is 0 Å². The number of aromatic nitrogens is 2. The Morgan fingerprint density at radius 2 is 1.87 bits per heavy atom. The van der Waals surface area contributed by atoms with Crippen LogP contribution in [0.5, 0.6) is 0 Å². The van der Waals surface area contributed by atoms with Crippen LogP contribution in [0, 0.1) is 0 Å². The highest BCUT2D eigenvalue weighted by Gasteiger charge is 2.15. The Labute approximate surface area is 134 Å². The van der Waals surface area contributed by atoms with Crippen LogP contribution >= 0.6 is 11.6 Å². The van der Waals surface area contributed by atoms with Gasteiger partial charge in [-0.15, -0.1) is 0 Å². The molecule has 0 unspecified atom stereocenters. The molecular weight excluding hydrogens is 322 g/mol. The quantitative estimate of drug-likeness (QED) is 0.761. The number of benzene rings is 2. The van der Waals surface area contributed by atoms with Crippen molar-refractivity contribution in [1.29, 1.82) is 0 Å². The monoisotopic (exact) mass is 331 g/mol. The van der Waals surface area contributed by atoms with Gasteiger partial charge in [-0.25, -0.2) is 9.42 Å². The lowest BCUT2D eigenvalue weighted by molar-refractivity contribution is -0.115. The summed E-state index contributed by atoms with van der Waals surface area (Å²) >= 11 is 5.95. The summed E-state index contributed by atoms with van der Waals surface area (Å²) in [4.78, 5) is 23.4. The molecule has 0 aliphatic rings. The van der Waals surface area contributed by atoms with Gasteiger partial charge in [-0.2, -0.15) is 0 Å². The van der Waals surface area contributed by atoms with Crippen molar-refractivity contribution < 1.29 is 19.3 Å². The number of carboxylic acids is 1. The summed E-state index contributed by atoms with van der Waals surface area (Å²) in [7, 11) is 0. The minimum atomic E-state index is -1.08. The first-order chi connectivity index (χ1) is 11.1. The number of anilines is 1. The van der Waals surface area contributed by atoms with Crippen molar-refractivity contribution in [3.8, 4) is 0 Å². The van der Waals surface area contributed by atoms with Gasteiger partial charge in [0.2, 0.25) is 5.91 Å². The molecule has 2 aromatic carbocycles. The average molecular weight is 332 g/mol. The van der Waals surface area contributed by atoms with Crippen molar-refractivity contribution in [3.63, 3.8) is 0 Å². The molecule has 7 nitrogen and oxygen atoms in total. The average Bonchev–Trinajstić information content (AvgIpc) is 3.01. The molecule has 23 heavy (non-hydrogen) atoms. The van der Waals surface area contributed by atoms with Gasteiger partial charge >= 0.3 is 5.97 Å².